The lowest BCUT2D eigenvalue weighted by atomic mass is 10.0. The van der Waals surface area contributed by atoms with Gasteiger partial charge in [0.25, 0.3) is 30.1 Å². The lowest BCUT2D eigenvalue weighted by Gasteiger charge is -2.33. The Balaban J connectivity index is 0.694. The maximum Gasteiger partial charge on any atom is 0.284 e. The van der Waals surface area contributed by atoms with Gasteiger partial charge in [-0.3, -0.25) is 39.0 Å². The number of halogens is 2. The van der Waals surface area contributed by atoms with Gasteiger partial charge >= 0.3 is 0 Å². The number of aromatic nitrogens is 4. The summed E-state index contributed by atoms with van der Waals surface area (Å²) >= 11 is 0. The third-order valence-electron chi connectivity index (χ3n) is 12.1. The number of benzene rings is 2. The van der Waals surface area contributed by atoms with Gasteiger partial charge in [0.05, 0.1) is 41.9 Å². The molecule has 9 rings (SSSR count). The summed E-state index contributed by atoms with van der Waals surface area (Å²) in [6.45, 7) is 4.01. The number of fused-ring (bicyclic) bond motifs is 1. The van der Waals surface area contributed by atoms with E-state index >= 15 is 0 Å². The molecule has 1 aliphatic carbocycles. The largest absolute Gasteiger partial charge is 0.444 e. The molecular weight excluding hydrogens is 873 g/mol. The maximum atomic E-state index is 14.1. The topological polar surface area (TPSA) is 235 Å². The summed E-state index contributed by atoms with van der Waals surface area (Å²) in [5, 5.41) is 18.2. The molecule has 4 aliphatic rings. The summed E-state index contributed by atoms with van der Waals surface area (Å²) in [5.74, 6) is -1.83. The molecule has 1 saturated carbocycles. The number of pyridine rings is 1. The molecule has 5 aromatic rings. The summed E-state index contributed by atoms with van der Waals surface area (Å²) in [5.41, 5.74) is 1.34. The number of nitrogens with zero attached hydrogens (tertiary/aromatic N) is 6. The Hall–Kier alpha value is -7.39. The second-order valence-corrected chi connectivity index (χ2v) is 16.8. The monoisotopic (exact) mass is 919 g/mol. The molecule has 6 heterocycles. The van der Waals surface area contributed by atoms with Crippen LogP contribution in [0.3, 0.4) is 0 Å². The van der Waals surface area contributed by atoms with Crippen molar-refractivity contribution in [1.82, 2.24) is 40.2 Å². The van der Waals surface area contributed by atoms with Gasteiger partial charge in [-0.2, -0.15) is 5.10 Å². The van der Waals surface area contributed by atoms with Crippen molar-refractivity contribution in [2.24, 2.45) is 5.92 Å². The van der Waals surface area contributed by atoms with Crippen LogP contribution >= 0.6 is 0 Å². The van der Waals surface area contributed by atoms with Crippen LogP contribution in [-0.2, 0) is 14.3 Å². The van der Waals surface area contributed by atoms with Gasteiger partial charge in [0, 0.05) is 68.2 Å². The Kier molecular flexibility index (Phi) is 13.1. The highest BCUT2D eigenvalue weighted by molar-refractivity contribution is 6.25. The minimum absolute atomic E-state index is 0.0486. The third-order valence-corrected chi connectivity index (χ3v) is 12.1. The minimum Gasteiger partial charge on any atom is -0.444 e. The van der Waals surface area contributed by atoms with Crippen molar-refractivity contribution in [1.29, 1.82) is 0 Å². The number of hydrogen-bond acceptors (Lipinski definition) is 14. The van der Waals surface area contributed by atoms with E-state index in [0.717, 1.165) is 43.6 Å². The fraction of sp³-hybridized carbons (Fsp3) is 0.370. The third kappa shape index (κ3) is 10.2. The quantitative estimate of drug-likeness (QED) is 0.0595. The number of piperidine rings is 2. The Morgan fingerprint density at radius 3 is 2.49 bits per heavy atom. The van der Waals surface area contributed by atoms with E-state index in [9.17, 15) is 37.5 Å². The number of anilines is 3. The number of likely N-dealkylation sites (tertiary alicyclic amines) is 1. The molecule has 19 nitrogen and oxygen atoms in total. The van der Waals surface area contributed by atoms with Gasteiger partial charge < -0.3 is 35.3 Å². The van der Waals surface area contributed by atoms with E-state index in [1.54, 1.807) is 48.7 Å². The van der Waals surface area contributed by atoms with Gasteiger partial charge in [-0.05, 0) is 86.6 Å². The lowest BCUT2D eigenvalue weighted by molar-refractivity contribution is -0.136. The van der Waals surface area contributed by atoms with Gasteiger partial charge in [0.1, 0.15) is 18.1 Å². The fourth-order valence-electron chi connectivity index (χ4n) is 8.26. The molecule has 5 N–H and O–H groups in total. The summed E-state index contributed by atoms with van der Waals surface area (Å²) < 4.78 is 40.7. The van der Waals surface area contributed by atoms with Crippen LogP contribution in [0.1, 0.15) is 92.2 Å². The standard InChI is InChI=1S/C46H47F2N11O8/c47-40(48)39-33(53-42(62)34-25-67-44(54-34)28-12-15-49-36(22-28)51-23-26-4-5-26)24-58(56-39)30-8-6-27(7-9-30)41(61)50-16-20-66-21-19-57-17-13-29(14-18-57)52-32-3-1-2-31-38(32)46(65)59(45(31)64)35-10-11-37(60)55-43(35)63/h1-3,6-9,12,15,22,24-26,29,35,40,52H,4-5,10-11,13-14,16-21,23H2,(H,49,51)(H,50,61)(H,53,62)(H,55,60,63). The smallest absolute Gasteiger partial charge is 0.284 e. The Labute approximate surface area is 382 Å². The number of hydrogen-bond donors (Lipinski definition) is 5. The molecule has 2 aromatic carbocycles. The predicted octanol–water partition coefficient (Wildman–Crippen LogP) is 4.66. The van der Waals surface area contributed by atoms with Crippen molar-refractivity contribution in [2.75, 3.05) is 61.9 Å². The molecule has 1 unspecified atom stereocenters. The van der Waals surface area contributed by atoms with Crippen LogP contribution < -0.4 is 26.6 Å². The van der Waals surface area contributed by atoms with Gasteiger partial charge in [-0.25, -0.2) is 23.4 Å². The van der Waals surface area contributed by atoms with Crippen LogP contribution in [0, 0.1) is 5.92 Å². The van der Waals surface area contributed by atoms with E-state index in [-0.39, 0.29) is 66.3 Å². The zero-order valence-corrected chi connectivity index (χ0v) is 36.1. The molecule has 3 aromatic heterocycles. The van der Waals surface area contributed by atoms with E-state index < -0.39 is 47.7 Å². The fourth-order valence-corrected chi connectivity index (χ4v) is 8.26. The highest BCUT2D eigenvalue weighted by Crippen LogP contribution is 2.34. The molecule has 3 fully saturated rings. The lowest BCUT2D eigenvalue weighted by Crippen LogP contribution is -2.54. The zero-order valence-electron chi connectivity index (χ0n) is 36.1. The number of nitrogens with one attached hydrogen (secondary N) is 5. The molecule has 3 aliphatic heterocycles. The summed E-state index contributed by atoms with van der Waals surface area (Å²) in [4.78, 5) is 88.5. The molecule has 0 radical (unpaired) electrons. The molecule has 1 atom stereocenters. The Morgan fingerprint density at radius 1 is 0.925 bits per heavy atom. The summed E-state index contributed by atoms with van der Waals surface area (Å²) in [6, 6.07) is 13.7. The summed E-state index contributed by atoms with van der Waals surface area (Å²) in [6.07, 6.45) is 5.08. The van der Waals surface area contributed by atoms with Crippen LogP contribution in [-0.4, -0.2) is 123 Å². The van der Waals surface area contributed by atoms with E-state index in [4.69, 9.17) is 9.15 Å². The van der Waals surface area contributed by atoms with Crippen molar-refractivity contribution in [2.45, 2.75) is 57.0 Å². The molecule has 2 saturated heterocycles. The first-order valence-corrected chi connectivity index (χ1v) is 22.1. The van der Waals surface area contributed by atoms with Gasteiger partial charge in [-0.1, -0.05) is 6.07 Å². The number of alkyl halides is 2. The Morgan fingerprint density at radius 2 is 1.73 bits per heavy atom. The van der Waals surface area contributed by atoms with E-state index in [1.807, 2.05) is 0 Å². The number of imide groups is 2. The van der Waals surface area contributed by atoms with Crippen LogP contribution in [0.2, 0.25) is 0 Å². The number of carbonyl (C=O) groups excluding carboxylic acids is 6. The van der Waals surface area contributed by atoms with E-state index in [2.05, 4.69) is 46.6 Å². The maximum absolute atomic E-state index is 14.1. The van der Waals surface area contributed by atoms with Crippen molar-refractivity contribution < 1.29 is 46.7 Å². The average Bonchev–Trinajstić information content (AvgIpc) is 3.73. The average molecular weight is 920 g/mol. The second kappa shape index (κ2) is 19.6. The van der Waals surface area contributed by atoms with Crippen LogP contribution in [0.15, 0.2) is 77.7 Å². The molecule has 21 heteroatoms. The van der Waals surface area contributed by atoms with Crippen LogP contribution in [0.4, 0.5) is 26.0 Å². The Bertz CT molecular complexity index is 2690. The second-order valence-electron chi connectivity index (χ2n) is 16.8. The zero-order chi connectivity index (χ0) is 46.6. The number of carbonyl (C=O) groups is 6. The summed E-state index contributed by atoms with van der Waals surface area (Å²) in [7, 11) is 0. The van der Waals surface area contributed by atoms with E-state index in [0.29, 0.717) is 47.4 Å². The van der Waals surface area contributed by atoms with E-state index in [1.165, 1.54) is 35.9 Å². The molecule has 0 spiro atoms. The SMILES string of the molecule is O=C1CCC(N2C(=O)c3cccc(NC4CCN(CCOCCNC(=O)c5ccc(-n6cc(NC(=O)c7coc(-c8ccnc(NCC9CC9)c8)n7)c(C(F)F)n6)cc5)CC4)c3C2=O)C(=O)N1. The molecule has 0 bridgehead atoms. The first-order chi connectivity index (χ1) is 32.5. The first kappa shape index (κ1) is 44.8. The molecular formula is C46H47F2N11O8. The number of ether oxygens (including phenoxy) is 1. The van der Waals surface area contributed by atoms with Crippen LogP contribution in [0.5, 0.6) is 0 Å². The first-order valence-electron chi connectivity index (χ1n) is 22.1. The van der Waals surface area contributed by atoms with Crippen LogP contribution in [0.25, 0.3) is 17.1 Å². The molecule has 348 valence electrons. The van der Waals surface area contributed by atoms with Crippen molar-refractivity contribution in [3.05, 3.63) is 101 Å². The normalized spacial score (nSPS) is 17.7. The molecule has 6 amide bonds. The minimum atomic E-state index is -3.00. The molecule has 67 heavy (non-hydrogen) atoms. The predicted molar refractivity (Wildman–Crippen MR) is 237 cm³/mol. The van der Waals surface area contributed by atoms with Crippen molar-refractivity contribution >= 4 is 52.6 Å². The van der Waals surface area contributed by atoms with Gasteiger partial charge in [0.2, 0.25) is 17.7 Å². The van der Waals surface area contributed by atoms with Gasteiger partial charge in [0.15, 0.2) is 11.4 Å². The highest BCUT2D eigenvalue weighted by atomic mass is 19.3. The van der Waals surface area contributed by atoms with Crippen molar-refractivity contribution in [3.63, 3.8) is 0 Å². The number of rotatable bonds is 18. The number of oxazole rings is 1. The van der Waals surface area contributed by atoms with Gasteiger partial charge in [-0.15, -0.1) is 0 Å². The highest BCUT2D eigenvalue weighted by Gasteiger charge is 2.46. The number of amides is 6. The van der Waals surface area contributed by atoms with Crippen molar-refractivity contribution in [3.8, 4) is 17.1 Å².